The van der Waals surface area contributed by atoms with E-state index in [0.717, 1.165) is 5.56 Å². The maximum atomic E-state index is 15.2. The summed E-state index contributed by atoms with van der Waals surface area (Å²) < 4.78 is 15.2. The van der Waals surface area contributed by atoms with Crippen molar-refractivity contribution in [2.24, 2.45) is 5.73 Å². The first-order chi connectivity index (χ1) is 17.7. The summed E-state index contributed by atoms with van der Waals surface area (Å²) in [6, 6.07) is 17.5. The summed E-state index contributed by atoms with van der Waals surface area (Å²) in [5.41, 5.74) is 8.27. The maximum absolute atomic E-state index is 15.2. The number of carbonyl (C=O) groups is 3. The van der Waals surface area contributed by atoms with Crippen molar-refractivity contribution in [2.75, 3.05) is 0 Å². The lowest BCUT2D eigenvalue weighted by Crippen LogP contribution is -2.32. The van der Waals surface area contributed by atoms with E-state index in [9.17, 15) is 14.4 Å². The molecule has 0 unspecified atom stereocenters. The highest BCUT2D eigenvalue weighted by Crippen LogP contribution is 2.34. The zero-order valence-electron chi connectivity index (χ0n) is 20.3. The van der Waals surface area contributed by atoms with E-state index < -0.39 is 23.7 Å². The fourth-order valence-electron chi connectivity index (χ4n) is 4.33. The number of carbonyl (C=O) groups excluding carboxylic acids is 3. The van der Waals surface area contributed by atoms with Crippen LogP contribution in [0.5, 0.6) is 0 Å². The van der Waals surface area contributed by atoms with Crippen molar-refractivity contribution in [1.29, 1.82) is 0 Å². The number of aromatic nitrogens is 1. The number of nitrogens with one attached hydrogen (secondary N) is 2. The maximum Gasteiger partial charge on any atom is 0.253 e. The van der Waals surface area contributed by atoms with Crippen LogP contribution < -0.4 is 11.1 Å². The highest BCUT2D eigenvalue weighted by Gasteiger charge is 2.28. The first-order valence-corrected chi connectivity index (χ1v) is 12.0. The van der Waals surface area contributed by atoms with Gasteiger partial charge in [0.05, 0.1) is 23.7 Å². The van der Waals surface area contributed by atoms with E-state index in [0.29, 0.717) is 21.7 Å². The number of nitrogens with two attached hydrogens (primary N) is 1. The van der Waals surface area contributed by atoms with Gasteiger partial charge in [0.2, 0.25) is 11.7 Å². The SMILES string of the molecule is Cc1cccc(C(=O)c2[nH]cc(C(=O)N[C@@H](CC(N)=O)c3cccc(Cl)c3)c2-c2c(C)cccc2F)c1. The van der Waals surface area contributed by atoms with E-state index in [2.05, 4.69) is 10.3 Å². The first kappa shape index (κ1) is 25.9. The lowest BCUT2D eigenvalue weighted by Gasteiger charge is -2.19. The minimum atomic E-state index is -0.788. The Morgan fingerprint density at radius 1 is 1.00 bits per heavy atom. The zero-order valence-corrected chi connectivity index (χ0v) is 21.0. The van der Waals surface area contributed by atoms with Gasteiger partial charge in [0.1, 0.15) is 5.82 Å². The van der Waals surface area contributed by atoms with E-state index in [1.54, 1.807) is 61.5 Å². The molecule has 6 nitrogen and oxygen atoms in total. The number of benzene rings is 3. The summed E-state index contributed by atoms with van der Waals surface area (Å²) in [5, 5.41) is 3.23. The second-order valence-corrected chi connectivity index (χ2v) is 9.27. The third-order valence-electron chi connectivity index (χ3n) is 6.07. The molecule has 0 aliphatic rings. The molecular weight excluding hydrogens is 493 g/mol. The summed E-state index contributed by atoms with van der Waals surface area (Å²) in [5.74, 6) is -2.19. The number of halogens is 2. The molecule has 0 saturated heterocycles. The van der Waals surface area contributed by atoms with Crippen molar-refractivity contribution in [3.05, 3.63) is 117 Å². The van der Waals surface area contributed by atoms with Gasteiger partial charge >= 0.3 is 0 Å². The molecule has 1 heterocycles. The van der Waals surface area contributed by atoms with Crippen molar-refractivity contribution in [1.82, 2.24) is 10.3 Å². The van der Waals surface area contributed by atoms with Gasteiger partial charge in [-0.05, 0) is 49.2 Å². The molecule has 37 heavy (non-hydrogen) atoms. The predicted octanol–water partition coefficient (Wildman–Crippen LogP) is 5.67. The molecule has 2 amide bonds. The van der Waals surface area contributed by atoms with E-state index >= 15 is 4.39 Å². The average Bonchev–Trinajstić information content (AvgIpc) is 3.27. The molecule has 0 radical (unpaired) electrons. The summed E-state index contributed by atoms with van der Waals surface area (Å²) in [6.07, 6.45) is 1.19. The Labute approximate surface area is 218 Å². The monoisotopic (exact) mass is 517 g/mol. The topological polar surface area (TPSA) is 105 Å². The molecule has 0 saturated carbocycles. The fourth-order valence-corrected chi connectivity index (χ4v) is 4.53. The normalized spacial score (nSPS) is 11.7. The van der Waals surface area contributed by atoms with Gasteiger partial charge < -0.3 is 16.0 Å². The van der Waals surface area contributed by atoms with Crippen LogP contribution in [0.4, 0.5) is 4.39 Å². The van der Waals surface area contributed by atoms with Crippen LogP contribution in [0.25, 0.3) is 11.1 Å². The number of aromatic amines is 1. The first-order valence-electron chi connectivity index (χ1n) is 11.6. The van der Waals surface area contributed by atoms with Gasteiger partial charge in [-0.15, -0.1) is 0 Å². The zero-order chi connectivity index (χ0) is 26.7. The molecule has 0 aliphatic carbocycles. The smallest absolute Gasteiger partial charge is 0.253 e. The molecular formula is C29H25ClFN3O3. The largest absolute Gasteiger partial charge is 0.370 e. The van der Waals surface area contributed by atoms with Crippen LogP contribution in [0.2, 0.25) is 5.02 Å². The van der Waals surface area contributed by atoms with Crippen LogP contribution in [0.1, 0.15) is 55.6 Å². The molecule has 8 heteroatoms. The van der Waals surface area contributed by atoms with Gasteiger partial charge in [-0.3, -0.25) is 14.4 Å². The summed E-state index contributed by atoms with van der Waals surface area (Å²) in [4.78, 5) is 41.8. The van der Waals surface area contributed by atoms with Gasteiger partial charge in [0.15, 0.2) is 0 Å². The molecule has 0 aliphatic heterocycles. The van der Waals surface area contributed by atoms with Gasteiger partial charge in [-0.25, -0.2) is 4.39 Å². The second kappa shape index (κ2) is 10.8. The molecule has 4 aromatic rings. The lowest BCUT2D eigenvalue weighted by molar-refractivity contribution is -0.118. The summed E-state index contributed by atoms with van der Waals surface area (Å²) in [6.45, 7) is 3.57. The molecule has 188 valence electrons. The number of hydrogen-bond acceptors (Lipinski definition) is 3. The predicted molar refractivity (Wildman–Crippen MR) is 141 cm³/mol. The lowest BCUT2D eigenvalue weighted by atomic mass is 9.93. The molecule has 1 atom stereocenters. The minimum Gasteiger partial charge on any atom is -0.370 e. The van der Waals surface area contributed by atoms with Crippen molar-refractivity contribution < 1.29 is 18.8 Å². The highest BCUT2D eigenvalue weighted by molar-refractivity contribution is 6.30. The Hall–Kier alpha value is -4.23. The van der Waals surface area contributed by atoms with Crippen LogP contribution in [-0.2, 0) is 4.79 Å². The van der Waals surface area contributed by atoms with E-state index in [-0.39, 0.29) is 34.6 Å². The van der Waals surface area contributed by atoms with Crippen molar-refractivity contribution in [3.8, 4) is 11.1 Å². The number of rotatable bonds is 8. The summed E-state index contributed by atoms with van der Waals surface area (Å²) >= 11 is 6.11. The quantitative estimate of drug-likeness (QED) is 0.262. The third-order valence-corrected chi connectivity index (χ3v) is 6.30. The van der Waals surface area contributed by atoms with E-state index in [1.165, 1.54) is 12.3 Å². The van der Waals surface area contributed by atoms with Crippen LogP contribution in [-0.4, -0.2) is 22.6 Å². The summed E-state index contributed by atoms with van der Waals surface area (Å²) in [7, 11) is 0. The Bertz CT molecular complexity index is 1490. The van der Waals surface area contributed by atoms with Crippen molar-refractivity contribution >= 4 is 29.2 Å². The number of amides is 2. The average molecular weight is 518 g/mol. The molecule has 4 N–H and O–H groups in total. The molecule has 3 aromatic carbocycles. The number of H-pyrrole nitrogens is 1. The van der Waals surface area contributed by atoms with Gasteiger partial charge in [-0.1, -0.05) is 59.6 Å². The Morgan fingerprint density at radius 3 is 2.41 bits per heavy atom. The van der Waals surface area contributed by atoms with Crippen LogP contribution in [0.15, 0.2) is 72.9 Å². The third kappa shape index (κ3) is 5.62. The Balaban J connectivity index is 1.82. The van der Waals surface area contributed by atoms with E-state index in [4.69, 9.17) is 17.3 Å². The Kier molecular flexibility index (Phi) is 7.55. The van der Waals surface area contributed by atoms with Crippen LogP contribution in [0, 0.1) is 19.7 Å². The number of hydrogen-bond donors (Lipinski definition) is 3. The molecule has 0 fully saturated rings. The number of aryl methyl sites for hydroxylation is 2. The van der Waals surface area contributed by atoms with Gasteiger partial charge in [0, 0.05) is 27.9 Å². The molecule has 4 rings (SSSR count). The molecule has 1 aromatic heterocycles. The molecule has 0 spiro atoms. The Morgan fingerprint density at radius 2 is 1.73 bits per heavy atom. The highest BCUT2D eigenvalue weighted by atomic mass is 35.5. The fraction of sp³-hybridized carbons (Fsp3) is 0.138. The van der Waals surface area contributed by atoms with E-state index in [1.807, 2.05) is 13.0 Å². The number of ketones is 1. The van der Waals surface area contributed by atoms with Gasteiger partial charge in [0.25, 0.3) is 5.91 Å². The standard InChI is InChI=1S/C29H25ClFN3O3/c1-16-6-3-9-19(12-16)28(36)27-26(25-17(2)7-4-11-22(25)31)21(15-33-27)29(37)34-23(14-24(32)35)18-8-5-10-20(30)13-18/h3-13,15,23,33H,14H2,1-2H3,(H2,32,35)(H,34,37)/t23-/m0/s1. The van der Waals surface area contributed by atoms with Gasteiger partial charge in [-0.2, -0.15) is 0 Å². The minimum absolute atomic E-state index is 0.0562. The van der Waals surface area contributed by atoms with Crippen LogP contribution in [0.3, 0.4) is 0 Å². The van der Waals surface area contributed by atoms with Crippen molar-refractivity contribution in [2.45, 2.75) is 26.3 Å². The second-order valence-electron chi connectivity index (χ2n) is 8.83. The van der Waals surface area contributed by atoms with Crippen molar-refractivity contribution in [3.63, 3.8) is 0 Å². The number of primary amides is 1. The van der Waals surface area contributed by atoms with Crippen LogP contribution >= 0.6 is 11.6 Å². The molecule has 0 bridgehead atoms.